The third kappa shape index (κ3) is 3.00. The van der Waals surface area contributed by atoms with Crippen LogP contribution in [0.25, 0.3) is 0 Å². The smallest absolute Gasteiger partial charge is 0.202 e. The van der Waals surface area contributed by atoms with Crippen molar-refractivity contribution in [3.63, 3.8) is 0 Å². The van der Waals surface area contributed by atoms with E-state index in [-0.39, 0.29) is 0 Å². The van der Waals surface area contributed by atoms with Crippen LogP contribution in [0.5, 0.6) is 0 Å². The third-order valence-corrected chi connectivity index (χ3v) is 3.43. The zero-order valence-corrected chi connectivity index (χ0v) is 10.3. The summed E-state index contributed by atoms with van der Waals surface area (Å²) in [6.45, 7) is 4.34. The van der Waals surface area contributed by atoms with Crippen LogP contribution in [0.15, 0.2) is 12.4 Å². The van der Waals surface area contributed by atoms with E-state index in [9.17, 15) is 0 Å². The lowest BCUT2D eigenvalue weighted by atomic mass is 9.89. The quantitative estimate of drug-likeness (QED) is 0.827. The van der Waals surface area contributed by atoms with E-state index in [1.54, 1.807) is 0 Å². The second-order valence-electron chi connectivity index (χ2n) is 4.83. The van der Waals surface area contributed by atoms with Gasteiger partial charge < -0.3 is 9.88 Å². The summed E-state index contributed by atoms with van der Waals surface area (Å²) in [5.74, 6) is 1.91. The van der Waals surface area contributed by atoms with Gasteiger partial charge in [-0.15, -0.1) is 0 Å². The van der Waals surface area contributed by atoms with Crippen molar-refractivity contribution in [3.05, 3.63) is 12.4 Å². The van der Waals surface area contributed by atoms with Crippen LogP contribution in [0.3, 0.4) is 0 Å². The molecule has 0 amide bonds. The molecule has 1 fully saturated rings. The minimum Gasteiger partial charge on any atom is -0.356 e. The van der Waals surface area contributed by atoms with E-state index in [1.165, 1.54) is 32.1 Å². The Morgan fingerprint density at radius 2 is 2.19 bits per heavy atom. The molecule has 1 aromatic rings. The van der Waals surface area contributed by atoms with Gasteiger partial charge in [0.15, 0.2) is 0 Å². The number of hydrogen-bond donors (Lipinski definition) is 1. The van der Waals surface area contributed by atoms with E-state index in [1.807, 2.05) is 6.20 Å². The molecule has 0 aliphatic heterocycles. The highest BCUT2D eigenvalue weighted by Crippen LogP contribution is 2.25. The van der Waals surface area contributed by atoms with E-state index in [4.69, 9.17) is 0 Å². The number of nitrogens with zero attached hydrogens (tertiary/aromatic N) is 2. The summed E-state index contributed by atoms with van der Waals surface area (Å²) in [6, 6.07) is 0. The first-order chi connectivity index (χ1) is 7.90. The molecule has 1 aromatic heterocycles. The van der Waals surface area contributed by atoms with E-state index in [0.717, 1.165) is 31.4 Å². The van der Waals surface area contributed by atoms with Gasteiger partial charge in [-0.3, -0.25) is 0 Å². The van der Waals surface area contributed by atoms with E-state index in [2.05, 4.69) is 28.0 Å². The number of rotatable bonds is 5. The predicted octanol–water partition coefficient (Wildman–Crippen LogP) is 3.29. The minimum atomic E-state index is 0.866. The molecule has 0 saturated heterocycles. The molecule has 1 heterocycles. The fourth-order valence-electron chi connectivity index (χ4n) is 2.51. The summed E-state index contributed by atoms with van der Waals surface area (Å²) < 4.78 is 2.28. The monoisotopic (exact) mass is 221 g/mol. The van der Waals surface area contributed by atoms with Gasteiger partial charge >= 0.3 is 0 Å². The van der Waals surface area contributed by atoms with Crippen LogP contribution in [-0.4, -0.2) is 16.1 Å². The average molecular weight is 221 g/mol. The van der Waals surface area contributed by atoms with Crippen molar-refractivity contribution in [3.8, 4) is 0 Å². The van der Waals surface area contributed by atoms with Crippen LogP contribution in [-0.2, 0) is 6.54 Å². The number of hydrogen-bond acceptors (Lipinski definition) is 2. The fraction of sp³-hybridized carbons (Fsp3) is 0.769. The molecular weight excluding hydrogens is 198 g/mol. The molecular formula is C13H23N3. The number of nitrogens with one attached hydrogen (secondary N) is 1. The summed E-state index contributed by atoms with van der Waals surface area (Å²) in [5, 5.41) is 3.38. The maximum Gasteiger partial charge on any atom is 0.202 e. The van der Waals surface area contributed by atoms with Crippen LogP contribution in [0.1, 0.15) is 45.4 Å². The van der Waals surface area contributed by atoms with Gasteiger partial charge in [0.25, 0.3) is 0 Å². The molecule has 2 rings (SSSR count). The highest BCUT2D eigenvalue weighted by atomic mass is 15.2. The Balaban J connectivity index is 1.89. The largest absolute Gasteiger partial charge is 0.356 e. The molecule has 1 saturated carbocycles. The van der Waals surface area contributed by atoms with Crippen molar-refractivity contribution in [1.82, 2.24) is 9.55 Å². The molecule has 1 aliphatic carbocycles. The Labute approximate surface area is 98.3 Å². The van der Waals surface area contributed by atoms with Crippen LogP contribution in [0.2, 0.25) is 0 Å². The lowest BCUT2D eigenvalue weighted by Crippen LogP contribution is -2.16. The van der Waals surface area contributed by atoms with Crippen LogP contribution in [0, 0.1) is 5.92 Å². The van der Waals surface area contributed by atoms with E-state index < -0.39 is 0 Å². The van der Waals surface area contributed by atoms with Gasteiger partial charge in [0.2, 0.25) is 5.95 Å². The summed E-state index contributed by atoms with van der Waals surface area (Å²) in [4.78, 5) is 4.37. The molecule has 3 nitrogen and oxygen atoms in total. The number of imidazole rings is 1. The molecule has 90 valence electrons. The van der Waals surface area contributed by atoms with Gasteiger partial charge in [0.05, 0.1) is 0 Å². The Morgan fingerprint density at radius 1 is 1.38 bits per heavy atom. The van der Waals surface area contributed by atoms with Crippen LogP contribution in [0.4, 0.5) is 5.95 Å². The fourth-order valence-corrected chi connectivity index (χ4v) is 2.51. The highest BCUT2D eigenvalue weighted by molar-refractivity contribution is 5.25. The third-order valence-electron chi connectivity index (χ3n) is 3.43. The predicted molar refractivity (Wildman–Crippen MR) is 67.6 cm³/mol. The molecule has 16 heavy (non-hydrogen) atoms. The summed E-state index contributed by atoms with van der Waals surface area (Å²) in [5.41, 5.74) is 0. The van der Waals surface area contributed by atoms with Crippen molar-refractivity contribution in [2.24, 2.45) is 5.92 Å². The Hall–Kier alpha value is -0.990. The standard InChI is InChI=1S/C13H23N3/c1-2-8-14-13-15-9-10-16(13)11-12-6-4-3-5-7-12/h9-10,12H,2-8,11H2,1H3,(H,14,15). The average Bonchev–Trinajstić information content (AvgIpc) is 2.75. The number of anilines is 1. The van der Waals surface area contributed by atoms with E-state index in [0.29, 0.717) is 0 Å². The van der Waals surface area contributed by atoms with Gasteiger partial charge in [-0.1, -0.05) is 26.2 Å². The van der Waals surface area contributed by atoms with Gasteiger partial charge in [0, 0.05) is 25.5 Å². The highest BCUT2D eigenvalue weighted by Gasteiger charge is 2.15. The maximum absolute atomic E-state index is 4.37. The zero-order chi connectivity index (χ0) is 11.2. The molecule has 0 atom stereocenters. The van der Waals surface area contributed by atoms with Crippen molar-refractivity contribution in [2.75, 3.05) is 11.9 Å². The molecule has 1 aliphatic rings. The van der Waals surface area contributed by atoms with Crippen molar-refractivity contribution >= 4 is 5.95 Å². The second-order valence-corrected chi connectivity index (χ2v) is 4.83. The molecule has 0 unspecified atom stereocenters. The normalized spacial score (nSPS) is 17.6. The molecule has 0 bridgehead atoms. The van der Waals surface area contributed by atoms with Gasteiger partial charge in [-0.2, -0.15) is 0 Å². The van der Waals surface area contributed by atoms with Crippen molar-refractivity contribution in [1.29, 1.82) is 0 Å². The lowest BCUT2D eigenvalue weighted by Gasteiger charge is -2.22. The zero-order valence-electron chi connectivity index (χ0n) is 10.3. The van der Waals surface area contributed by atoms with Gasteiger partial charge in [-0.05, 0) is 25.2 Å². The SMILES string of the molecule is CCCNc1nccn1CC1CCCCC1. The minimum absolute atomic E-state index is 0.866. The molecule has 3 heteroatoms. The molecule has 1 N–H and O–H groups in total. The maximum atomic E-state index is 4.37. The van der Waals surface area contributed by atoms with Gasteiger partial charge in [0.1, 0.15) is 0 Å². The summed E-state index contributed by atoms with van der Waals surface area (Å²) in [7, 11) is 0. The lowest BCUT2D eigenvalue weighted by molar-refractivity contribution is 0.320. The molecule has 0 spiro atoms. The summed E-state index contributed by atoms with van der Waals surface area (Å²) >= 11 is 0. The first-order valence-corrected chi connectivity index (χ1v) is 6.65. The Bertz CT molecular complexity index is 300. The van der Waals surface area contributed by atoms with Crippen LogP contribution >= 0.6 is 0 Å². The molecule has 0 aromatic carbocycles. The van der Waals surface area contributed by atoms with Crippen molar-refractivity contribution in [2.45, 2.75) is 52.0 Å². The first kappa shape index (κ1) is 11.5. The van der Waals surface area contributed by atoms with Crippen molar-refractivity contribution < 1.29 is 0 Å². The second kappa shape index (κ2) is 5.92. The molecule has 0 radical (unpaired) electrons. The Kier molecular flexibility index (Phi) is 4.25. The Morgan fingerprint density at radius 3 is 2.94 bits per heavy atom. The first-order valence-electron chi connectivity index (χ1n) is 6.65. The van der Waals surface area contributed by atoms with Gasteiger partial charge in [-0.25, -0.2) is 4.98 Å². The van der Waals surface area contributed by atoms with E-state index >= 15 is 0 Å². The topological polar surface area (TPSA) is 29.9 Å². The summed E-state index contributed by atoms with van der Waals surface area (Å²) in [6.07, 6.45) is 12.2. The number of aromatic nitrogens is 2. The van der Waals surface area contributed by atoms with Crippen LogP contribution < -0.4 is 5.32 Å².